The summed E-state index contributed by atoms with van der Waals surface area (Å²) in [5.41, 5.74) is -0.496. The van der Waals surface area contributed by atoms with Crippen LogP contribution in [0.25, 0.3) is 0 Å². The molecular formula is C13H20N2O4. The Labute approximate surface area is 112 Å². The van der Waals surface area contributed by atoms with Gasteiger partial charge in [-0.1, -0.05) is 5.16 Å². The molecule has 1 saturated carbocycles. The number of nitrogens with zero attached hydrogens (tertiary/aromatic N) is 2. The summed E-state index contributed by atoms with van der Waals surface area (Å²) in [6.45, 7) is 1.28. The fourth-order valence-corrected chi connectivity index (χ4v) is 2.57. The van der Waals surface area contributed by atoms with Crippen molar-refractivity contribution in [2.24, 2.45) is 5.92 Å². The summed E-state index contributed by atoms with van der Waals surface area (Å²) in [5, 5.41) is 13.9. The van der Waals surface area contributed by atoms with E-state index in [-0.39, 0.29) is 6.10 Å². The number of aliphatic hydroxyl groups excluding tert-OH is 1. The summed E-state index contributed by atoms with van der Waals surface area (Å²) < 4.78 is 16.2. The zero-order valence-electron chi connectivity index (χ0n) is 11.2. The highest BCUT2D eigenvalue weighted by molar-refractivity contribution is 5.04. The van der Waals surface area contributed by atoms with Crippen LogP contribution in [-0.4, -0.2) is 41.7 Å². The molecule has 6 nitrogen and oxygen atoms in total. The number of hydrogen-bond acceptors (Lipinski definition) is 6. The van der Waals surface area contributed by atoms with Gasteiger partial charge in [-0.3, -0.25) is 0 Å². The minimum Gasteiger partial charge on any atom is -0.392 e. The second-order valence-corrected chi connectivity index (χ2v) is 5.43. The van der Waals surface area contributed by atoms with E-state index >= 15 is 0 Å². The maximum atomic E-state index is 9.90. The molecule has 1 unspecified atom stereocenters. The number of hydrogen-bond donors (Lipinski definition) is 1. The molecule has 0 radical (unpaired) electrons. The molecule has 1 aromatic heterocycles. The van der Waals surface area contributed by atoms with Crippen molar-refractivity contribution in [3.05, 3.63) is 11.7 Å². The molecule has 0 amide bonds. The van der Waals surface area contributed by atoms with Gasteiger partial charge < -0.3 is 19.1 Å². The molecule has 2 fully saturated rings. The van der Waals surface area contributed by atoms with Gasteiger partial charge in [0.15, 0.2) is 0 Å². The van der Waals surface area contributed by atoms with E-state index in [1.807, 2.05) is 0 Å². The highest BCUT2D eigenvalue weighted by Gasteiger charge is 2.39. The summed E-state index contributed by atoms with van der Waals surface area (Å²) >= 11 is 0. The van der Waals surface area contributed by atoms with Crippen molar-refractivity contribution in [2.75, 3.05) is 20.3 Å². The normalized spacial score (nSPS) is 24.3. The van der Waals surface area contributed by atoms with Crippen molar-refractivity contribution in [1.82, 2.24) is 10.1 Å². The molecule has 1 saturated heterocycles. The van der Waals surface area contributed by atoms with Crippen LogP contribution in [0.3, 0.4) is 0 Å². The predicted molar refractivity (Wildman–Crippen MR) is 65.5 cm³/mol. The first-order valence-corrected chi connectivity index (χ1v) is 6.87. The van der Waals surface area contributed by atoms with Gasteiger partial charge >= 0.3 is 0 Å². The van der Waals surface area contributed by atoms with Crippen molar-refractivity contribution in [3.63, 3.8) is 0 Å². The lowest BCUT2D eigenvalue weighted by molar-refractivity contribution is -0.101. The van der Waals surface area contributed by atoms with Gasteiger partial charge in [-0.05, 0) is 18.8 Å². The molecule has 1 N–H and O–H groups in total. The summed E-state index contributed by atoms with van der Waals surface area (Å²) in [5.74, 6) is 1.49. The van der Waals surface area contributed by atoms with Crippen LogP contribution in [0.2, 0.25) is 0 Å². The van der Waals surface area contributed by atoms with Gasteiger partial charge in [-0.2, -0.15) is 4.98 Å². The van der Waals surface area contributed by atoms with E-state index in [2.05, 4.69) is 10.1 Å². The standard InChI is InChI=1S/C13H20N2O4/c1-17-13(4-6-18-7-5-13)12-14-11(19-15-12)8-10(16)9-2-3-9/h9-10,16H,2-8H2,1H3. The molecule has 6 heteroatoms. The van der Waals surface area contributed by atoms with E-state index in [0.29, 0.717) is 37.3 Å². The predicted octanol–water partition coefficient (Wildman–Crippen LogP) is 1.04. The van der Waals surface area contributed by atoms with Gasteiger partial charge in [0.05, 0.1) is 12.5 Å². The molecule has 0 bridgehead atoms. The summed E-state index contributed by atoms with van der Waals surface area (Å²) in [4.78, 5) is 4.41. The zero-order valence-corrected chi connectivity index (χ0v) is 11.2. The average molecular weight is 268 g/mol. The molecule has 0 aromatic carbocycles. The Hall–Kier alpha value is -0.980. The summed E-state index contributed by atoms with van der Waals surface area (Å²) in [6, 6.07) is 0. The Balaban J connectivity index is 1.71. The Morgan fingerprint density at radius 1 is 1.42 bits per heavy atom. The highest BCUT2D eigenvalue weighted by Crippen LogP contribution is 2.35. The van der Waals surface area contributed by atoms with Crippen LogP contribution in [0.5, 0.6) is 0 Å². The van der Waals surface area contributed by atoms with Crippen molar-refractivity contribution >= 4 is 0 Å². The fraction of sp³-hybridized carbons (Fsp3) is 0.846. The van der Waals surface area contributed by atoms with Crippen LogP contribution >= 0.6 is 0 Å². The van der Waals surface area contributed by atoms with Gasteiger partial charge in [0.25, 0.3) is 0 Å². The molecule has 2 heterocycles. The van der Waals surface area contributed by atoms with Crippen LogP contribution in [0.15, 0.2) is 4.52 Å². The Kier molecular flexibility index (Phi) is 3.56. The highest BCUT2D eigenvalue weighted by atomic mass is 16.5. The van der Waals surface area contributed by atoms with Crippen molar-refractivity contribution in [3.8, 4) is 0 Å². The Morgan fingerprint density at radius 2 is 2.16 bits per heavy atom. The SMILES string of the molecule is COC1(c2noc(CC(O)C3CC3)n2)CCOCC1. The lowest BCUT2D eigenvalue weighted by atomic mass is 9.93. The molecule has 19 heavy (non-hydrogen) atoms. The second-order valence-electron chi connectivity index (χ2n) is 5.43. The van der Waals surface area contributed by atoms with Gasteiger partial charge in [-0.15, -0.1) is 0 Å². The van der Waals surface area contributed by atoms with Gasteiger partial charge in [0.2, 0.25) is 11.7 Å². The van der Waals surface area contributed by atoms with E-state index in [9.17, 15) is 5.11 Å². The molecule has 1 aliphatic carbocycles. The number of aliphatic hydroxyl groups is 1. The van der Waals surface area contributed by atoms with Gasteiger partial charge in [-0.25, -0.2) is 0 Å². The molecule has 0 spiro atoms. The first kappa shape index (κ1) is 13.0. The van der Waals surface area contributed by atoms with Crippen LogP contribution in [-0.2, 0) is 21.5 Å². The Morgan fingerprint density at radius 3 is 2.79 bits per heavy atom. The maximum Gasteiger partial charge on any atom is 0.229 e. The quantitative estimate of drug-likeness (QED) is 0.859. The topological polar surface area (TPSA) is 77.6 Å². The van der Waals surface area contributed by atoms with Crippen LogP contribution in [0.1, 0.15) is 37.4 Å². The maximum absolute atomic E-state index is 9.90. The number of aromatic nitrogens is 2. The largest absolute Gasteiger partial charge is 0.392 e. The Bertz CT molecular complexity index is 424. The van der Waals surface area contributed by atoms with Gasteiger partial charge in [0.1, 0.15) is 5.60 Å². The van der Waals surface area contributed by atoms with E-state index in [0.717, 1.165) is 25.7 Å². The lowest BCUT2D eigenvalue weighted by Gasteiger charge is -2.32. The van der Waals surface area contributed by atoms with Crippen LogP contribution in [0, 0.1) is 5.92 Å². The van der Waals surface area contributed by atoms with E-state index in [1.165, 1.54) is 0 Å². The third-order valence-corrected chi connectivity index (χ3v) is 4.12. The molecular weight excluding hydrogens is 248 g/mol. The third-order valence-electron chi connectivity index (χ3n) is 4.12. The molecule has 1 aromatic rings. The lowest BCUT2D eigenvalue weighted by Crippen LogP contribution is -2.36. The molecule has 1 aliphatic heterocycles. The van der Waals surface area contributed by atoms with Crippen molar-refractivity contribution in [1.29, 1.82) is 0 Å². The van der Waals surface area contributed by atoms with Crippen molar-refractivity contribution < 1.29 is 19.1 Å². The van der Waals surface area contributed by atoms with Crippen LogP contribution in [0.4, 0.5) is 0 Å². The minimum atomic E-state index is -0.496. The number of rotatable bonds is 5. The molecule has 1 atom stereocenters. The number of methoxy groups -OCH3 is 1. The zero-order chi connectivity index (χ0) is 13.3. The van der Waals surface area contributed by atoms with Crippen LogP contribution < -0.4 is 0 Å². The molecule has 2 aliphatic rings. The second kappa shape index (κ2) is 5.19. The summed E-state index contributed by atoms with van der Waals surface area (Å²) in [6.07, 6.45) is 3.74. The minimum absolute atomic E-state index is 0.360. The molecule has 3 rings (SSSR count). The first-order valence-electron chi connectivity index (χ1n) is 6.87. The van der Waals surface area contributed by atoms with Crippen molar-refractivity contribution in [2.45, 2.75) is 43.8 Å². The molecule has 106 valence electrons. The fourth-order valence-electron chi connectivity index (χ4n) is 2.57. The summed E-state index contributed by atoms with van der Waals surface area (Å²) in [7, 11) is 1.67. The van der Waals surface area contributed by atoms with E-state index < -0.39 is 5.60 Å². The smallest absolute Gasteiger partial charge is 0.229 e. The first-order chi connectivity index (χ1) is 9.23. The average Bonchev–Trinajstić information content (AvgIpc) is 3.20. The van der Waals surface area contributed by atoms with E-state index in [4.69, 9.17) is 14.0 Å². The van der Waals surface area contributed by atoms with Gasteiger partial charge in [0, 0.05) is 33.2 Å². The monoisotopic (exact) mass is 268 g/mol. The number of ether oxygens (including phenoxy) is 2. The van der Waals surface area contributed by atoms with E-state index in [1.54, 1.807) is 7.11 Å². The third kappa shape index (κ3) is 2.66.